The molecule has 0 amide bonds. The van der Waals surface area contributed by atoms with Crippen LogP contribution in [-0.4, -0.2) is 30.6 Å². The van der Waals surface area contributed by atoms with Gasteiger partial charge in [0.05, 0.1) is 12.8 Å². The van der Waals surface area contributed by atoms with Gasteiger partial charge in [0.15, 0.2) is 0 Å². The zero-order valence-corrected chi connectivity index (χ0v) is 10.1. The van der Waals surface area contributed by atoms with Crippen molar-refractivity contribution in [3.05, 3.63) is 30.1 Å². The number of nitrogens with zero attached hydrogens (tertiary/aromatic N) is 1. The van der Waals surface area contributed by atoms with E-state index in [2.05, 4.69) is 10.3 Å². The molecule has 1 aliphatic carbocycles. The molecule has 1 aromatic rings. The van der Waals surface area contributed by atoms with Gasteiger partial charge in [-0.05, 0) is 25.0 Å². The van der Waals surface area contributed by atoms with Crippen LogP contribution in [0.4, 0.5) is 0 Å². The van der Waals surface area contributed by atoms with Gasteiger partial charge in [-0.15, -0.1) is 0 Å². The molecular formula is C13H18N2O2. The van der Waals surface area contributed by atoms with Crippen LogP contribution >= 0.6 is 0 Å². The molecule has 2 rings (SSSR count). The van der Waals surface area contributed by atoms with Crippen LogP contribution < -0.4 is 5.32 Å². The minimum Gasteiger partial charge on any atom is -0.468 e. The standard InChI is InChI=1S/C13H18N2O2/c1-17-13(16)11(9-15-10-5-4-6-10)12-7-2-3-8-14-12/h2-3,7-8,10-11,15H,4-6,9H2,1H3. The number of pyridine rings is 1. The zero-order valence-electron chi connectivity index (χ0n) is 10.1. The predicted octanol–water partition coefficient (Wildman–Crippen LogP) is 1.48. The molecule has 4 heteroatoms. The van der Waals surface area contributed by atoms with Crippen molar-refractivity contribution in [3.63, 3.8) is 0 Å². The number of methoxy groups -OCH3 is 1. The summed E-state index contributed by atoms with van der Waals surface area (Å²) < 4.78 is 4.83. The third-order valence-corrected chi connectivity index (χ3v) is 3.25. The maximum absolute atomic E-state index is 11.7. The molecule has 0 bridgehead atoms. The highest BCUT2D eigenvalue weighted by Crippen LogP contribution is 2.20. The van der Waals surface area contributed by atoms with Gasteiger partial charge in [-0.1, -0.05) is 12.5 Å². The van der Waals surface area contributed by atoms with E-state index >= 15 is 0 Å². The van der Waals surface area contributed by atoms with Crippen molar-refractivity contribution < 1.29 is 9.53 Å². The largest absolute Gasteiger partial charge is 0.468 e. The average Bonchev–Trinajstić information content (AvgIpc) is 2.32. The number of carbonyl (C=O) groups excluding carboxylic acids is 1. The van der Waals surface area contributed by atoms with Crippen molar-refractivity contribution in [2.24, 2.45) is 0 Å². The zero-order chi connectivity index (χ0) is 12.1. The molecule has 1 unspecified atom stereocenters. The van der Waals surface area contributed by atoms with Crippen molar-refractivity contribution in [2.45, 2.75) is 31.2 Å². The number of rotatable bonds is 5. The molecule has 4 nitrogen and oxygen atoms in total. The van der Waals surface area contributed by atoms with E-state index in [1.165, 1.54) is 26.4 Å². The van der Waals surface area contributed by atoms with E-state index in [0.29, 0.717) is 12.6 Å². The Morgan fingerprint density at radius 1 is 1.59 bits per heavy atom. The van der Waals surface area contributed by atoms with E-state index in [9.17, 15) is 4.79 Å². The van der Waals surface area contributed by atoms with Crippen LogP contribution in [0, 0.1) is 0 Å². The normalized spacial score (nSPS) is 17.2. The molecule has 17 heavy (non-hydrogen) atoms. The number of ether oxygens (including phenoxy) is 1. The van der Waals surface area contributed by atoms with Crippen LogP contribution in [0.3, 0.4) is 0 Å². The molecule has 0 radical (unpaired) electrons. The van der Waals surface area contributed by atoms with E-state index in [1.54, 1.807) is 6.20 Å². The first-order chi connectivity index (χ1) is 8.31. The summed E-state index contributed by atoms with van der Waals surface area (Å²) in [5.74, 6) is -0.530. The summed E-state index contributed by atoms with van der Waals surface area (Å²) >= 11 is 0. The summed E-state index contributed by atoms with van der Waals surface area (Å²) in [6.45, 7) is 0.606. The number of nitrogens with one attached hydrogen (secondary N) is 1. The van der Waals surface area contributed by atoms with Gasteiger partial charge in [-0.2, -0.15) is 0 Å². The average molecular weight is 234 g/mol. The van der Waals surface area contributed by atoms with Crippen molar-refractivity contribution in [1.82, 2.24) is 10.3 Å². The maximum Gasteiger partial charge on any atom is 0.316 e. The fourth-order valence-corrected chi connectivity index (χ4v) is 1.93. The van der Waals surface area contributed by atoms with E-state index in [0.717, 1.165) is 5.69 Å². The van der Waals surface area contributed by atoms with Crippen LogP contribution in [0.25, 0.3) is 0 Å². The van der Waals surface area contributed by atoms with Gasteiger partial charge in [-0.3, -0.25) is 9.78 Å². The second-order valence-electron chi connectivity index (χ2n) is 4.37. The number of hydrogen-bond acceptors (Lipinski definition) is 4. The number of carbonyl (C=O) groups is 1. The Morgan fingerprint density at radius 2 is 2.41 bits per heavy atom. The summed E-state index contributed by atoms with van der Waals surface area (Å²) in [5.41, 5.74) is 0.770. The van der Waals surface area contributed by atoms with Crippen molar-refractivity contribution in [1.29, 1.82) is 0 Å². The lowest BCUT2D eigenvalue weighted by Gasteiger charge is -2.28. The molecule has 1 heterocycles. The van der Waals surface area contributed by atoms with Gasteiger partial charge in [0, 0.05) is 18.8 Å². The van der Waals surface area contributed by atoms with Crippen molar-refractivity contribution in [2.75, 3.05) is 13.7 Å². The molecule has 92 valence electrons. The third-order valence-electron chi connectivity index (χ3n) is 3.25. The summed E-state index contributed by atoms with van der Waals surface area (Å²) in [4.78, 5) is 16.0. The molecule has 1 saturated carbocycles. The Labute approximate surface area is 101 Å². The Morgan fingerprint density at radius 3 is 2.94 bits per heavy atom. The first-order valence-electron chi connectivity index (χ1n) is 6.03. The lowest BCUT2D eigenvalue weighted by Crippen LogP contribution is -2.39. The summed E-state index contributed by atoms with van der Waals surface area (Å²) in [6, 6.07) is 6.16. The minimum atomic E-state index is -0.304. The molecule has 0 spiro atoms. The maximum atomic E-state index is 11.7. The second kappa shape index (κ2) is 5.77. The highest BCUT2D eigenvalue weighted by Gasteiger charge is 2.25. The van der Waals surface area contributed by atoms with Gasteiger partial charge < -0.3 is 10.1 Å². The molecule has 1 fully saturated rings. The monoisotopic (exact) mass is 234 g/mol. The van der Waals surface area contributed by atoms with Gasteiger partial charge in [-0.25, -0.2) is 0 Å². The third kappa shape index (κ3) is 3.03. The second-order valence-corrected chi connectivity index (χ2v) is 4.37. The fourth-order valence-electron chi connectivity index (χ4n) is 1.93. The van der Waals surface area contributed by atoms with E-state index in [4.69, 9.17) is 4.74 Å². The lowest BCUT2D eigenvalue weighted by atomic mass is 9.92. The molecule has 1 aliphatic rings. The Bertz CT molecular complexity index is 363. The molecule has 1 atom stereocenters. The molecule has 1 aromatic heterocycles. The number of aromatic nitrogens is 1. The SMILES string of the molecule is COC(=O)C(CNC1CCC1)c1ccccn1. The van der Waals surface area contributed by atoms with Gasteiger partial charge in [0.1, 0.15) is 5.92 Å². The molecular weight excluding hydrogens is 216 g/mol. The number of hydrogen-bond donors (Lipinski definition) is 1. The van der Waals surface area contributed by atoms with Crippen LogP contribution in [0.1, 0.15) is 30.9 Å². The first-order valence-corrected chi connectivity index (χ1v) is 6.03. The topological polar surface area (TPSA) is 51.2 Å². The summed E-state index contributed by atoms with van der Waals surface area (Å²) in [5, 5.41) is 3.39. The van der Waals surface area contributed by atoms with Crippen molar-refractivity contribution in [3.8, 4) is 0 Å². The van der Waals surface area contributed by atoms with Gasteiger partial charge in [0.2, 0.25) is 0 Å². The van der Waals surface area contributed by atoms with Crippen molar-refractivity contribution >= 4 is 5.97 Å². The summed E-state index contributed by atoms with van der Waals surface area (Å²) in [7, 11) is 1.42. The van der Waals surface area contributed by atoms with Crippen LogP contribution in [0.5, 0.6) is 0 Å². The highest BCUT2D eigenvalue weighted by atomic mass is 16.5. The first kappa shape index (κ1) is 12.0. The highest BCUT2D eigenvalue weighted by molar-refractivity contribution is 5.77. The quantitative estimate of drug-likeness (QED) is 0.784. The number of esters is 1. The molecule has 0 saturated heterocycles. The van der Waals surface area contributed by atoms with E-state index in [1.807, 2.05) is 18.2 Å². The Hall–Kier alpha value is -1.42. The van der Waals surface area contributed by atoms with Crippen LogP contribution in [0.15, 0.2) is 24.4 Å². The predicted molar refractivity (Wildman–Crippen MR) is 64.6 cm³/mol. The van der Waals surface area contributed by atoms with E-state index in [-0.39, 0.29) is 11.9 Å². The Balaban J connectivity index is 1.99. The van der Waals surface area contributed by atoms with E-state index < -0.39 is 0 Å². The molecule has 0 aromatic carbocycles. The van der Waals surface area contributed by atoms with Crippen LogP contribution in [0.2, 0.25) is 0 Å². The summed E-state index contributed by atoms with van der Waals surface area (Å²) in [6.07, 6.45) is 5.39. The van der Waals surface area contributed by atoms with Gasteiger partial charge >= 0.3 is 5.97 Å². The van der Waals surface area contributed by atoms with Crippen LogP contribution in [-0.2, 0) is 9.53 Å². The Kier molecular flexibility index (Phi) is 4.09. The minimum absolute atomic E-state index is 0.226. The fraction of sp³-hybridized carbons (Fsp3) is 0.538. The van der Waals surface area contributed by atoms with Gasteiger partial charge in [0.25, 0.3) is 0 Å². The lowest BCUT2D eigenvalue weighted by molar-refractivity contribution is -0.142. The smallest absolute Gasteiger partial charge is 0.316 e. The molecule has 0 aliphatic heterocycles. The molecule has 1 N–H and O–H groups in total.